The molecule has 0 saturated heterocycles. The van der Waals surface area contributed by atoms with Crippen LogP contribution in [0.15, 0.2) is 0 Å². The molecule has 0 aromatic heterocycles. The lowest BCUT2D eigenvalue weighted by atomic mass is 10.1. The Morgan fingerprint density at radius 3 is 1.29 bits per heavy atom. The molecule has 2 nitrogen and oxygen atoms in total. The Morgan fingerprint density at radius 1 is 0.588 bits per heavy atom. The highest BCUT2D eigenvalue weighted by molar-refractivity contribution is 4.55. The first kappa shape index (κ1) is 16.9. The van der Waals surface area contributed by atoms with Gasteiger partial charge in [-0.2, -0.15) is 0 Å². The van der Waals surface area contributed by atoms with Crippen LogP contribution in [0.2, 0.25) is 0 Å². The molecule has 17 heavy (non-hydrogen) atoms. The van der Waals surface area contributed by atoms with Crippen LogP contribution in [0.1, 0.15) is 59.8 Å². The van der Waals surface area contributed by atoms with Gasteiger partial charge in [0.15, 0.2) is 0 Å². The molecule has 0 aromatic carbocycles. The lowest BCUT2D eigenvalue weighted by Crippen LogP contribution is -2.23. The normalized spacial score (nSPS) is 11.6. The third-order valence-corrected chi connectivity index (χ3v) is 2.98. The Kier molecular flexibility index (Phi) is 12.3. The predicted octanol–water partition coefficient (Wildman–Crippen LogP) is 3.43. The van der Waals surface area contributed by atoms with Gasteiger partial charge in [0.1, 0.15) is 0 Å². The van der Waals surface area contributed by atoms with E-state index in [0.717, 1.165) is 24.9 Å². The molecule has 0 aliphatic carbocycles. The topological polar surface area (TPSA) is 24.1 Å². The zero-order chi connectivity index (χ0) is 12.9. The quantitative estimate of drug-likeness (QED) is 0.512. The molecule has 0 unspecified atom stereocenters. The standard InChI is InChI=1S/C15H34N2/c1-14(2)8-5-10-16-12-7-13-17-11-6-9-15(3)4/h14-17H,5-13H2,1-4H3. The molecule has 104 valence electrons. The molecular formula is C15H34N2. The summed E-state index contributed by atoms with van der Waals surface area (Å²) in [4.78, 5) is 0. The van der Waals surface area contributed by atoms with Gasteiger partial charge in [0.2, 0.25) is 0 Å². The fraction of sp³-hybridized carbons (Fsp3) is 1.00. The molecule has 0 radical (unpaired) electrons. The third-order valence-electron chi connectivity index (χ3n) is 2.98. The van der Waals surface area contributed by atoms with Gasteiger partial charge in [-0.1, -0.05) is 27.7 Å². The van der Waals surface area contributed by atoms with Crippen LogP contribution in [0.5, 0.6) is 0 Å². The van der Waals surface area contributed by atoms with Crippen molar-refractivity contribution >= 4 is 0 Å². The molecule has 0 aromatic rings. The predicted molar refractivity (Wildman–Crippen MR) is 78.5 cm³/mol. The second kappa shape index (κ2) is 12.4. The minimum atomic E-state index is 0.847. The molecule has 0 aliphatic rings. The van der Waals surface area contributed by atoms with Crippen LogP contribution in [-0.4, -0.2) is 26.2 Å². The molecule has 2 N–H and O–H groups in total. The van der Waals surface area contributed by atoms with Crippen molar-refractivity contribution in [3.8, 4) is 0 Å². The van der Waals surface area contributed by atoms with Crippen LogP contribution in [-0.2, 0) is 0 Å². The summed E-state index contributed by atoms with van der Waals surface area (Å²) in [5.41, 5.74) is 0. The molecular weight excluding hydrogens is 208 g/mol. The maximum atomic E-state index is 3.51. The molecule has 0 saturated carbocycles. The molecule has 0 fully saturated rings. The Morgan fingerprint density at radius 2 is 0.941 bits per heavy atom. The van der Waals surface area contributed by atoms with Gasteiger partial charge in [0.25, 0.3) is 0 Å². The first-order valence-corrected chi connectivity index (χ1v) is 7.54. The van der Waals surface area contributed by atoms with Crippen molar-refractivity contribution in [2.24, 2.45) is 11.8 Å². The maximum Gasteiger partial charge on any atom is -0.00368 e. The largest absolute Gasteiger partial charge is 0.317 e. The highest BCUT2D eigenvalue weighted by atomic mass is 14.9. The second-order valence-corrected chi connectivity index (χ2v) is 5.93. The SMILES string of the molecule is CC(C)CCCNCCCNCCCC(C)C. The Hall–Kier alpha value is -0.0800. The minimum absolute atomic E-state index is 0.847. The van der Waals surface area contributed by atoms with Crippen molar-refractivity contribution in [3.63, 3.8) is 0 Å². The van der Waals surface area contributed by atoms with E-state index in [2.05, 4.69) is 38.3 Å². The van der Waals surface area contributed by atoms with E-state index >= 15 is 0 Å². The first-order chi connectivity index (χ1) is 8.13. The van der Waals surface area contributed by atoms with E-state index < -0.39 is 0 Å². The summed E-state index contributed by atoms with van der Waals surface area (Å²) < 4.78 is 0. The summed E-state index contributed by atoms with van der Waals surface area (Å²) in [6.07, 6.45) is 6.59. The van der Waals surface area contributed by atoms with Crippen molar-refractivity contribution in [2.45, 2.75) is 59.8 Å². The van der Waals surface area contributed by atoms with Gasteiger partial charge in [0, 0.05) is 0 Å². The van der Waals surface area contributed by atoms with Crippen molar-refractivity contribution < 1.29 is 0 Å². The molecule has 0 heterocycles. The van der Waals surface area contributed by atoms with E-state index in [9.17, 15) is 0 Å². The van der Waals surface area contributed by atoms with Crippen molar-refractivity contribution in [3.05, 3.63) is 0 Å². The average molecular weight is 242 g/mol. The Bertz CT molecular complexity index is 128. The van der Waals surface area contributed by atoms with Crippen LogP contribution in [0.3, 0.4) is 0 Å². The average Bonchev–Trinajstić information content (AvgIpc) is 2.25. The molecule has 0 rings (SSSR count). The lowest BCUT2D eigenvalue weighted by Gasteiger charge is -2.08. The van der Waals surface area contributed by atoms with Gasteiger partial charge in [0.05, 0.1) is 0 Å². The van der Waals surface area contributed by atoms with E-state index in [-0.39, 0.29) is 0 Å². The number of hydrogen-bond acceptors (Lipinski definition) is 2. The van der Waals surface area contributed by atoms with Crippen LogP contribution < -0.4 is 10.6 Å². The van der Waals surface area contributed by atoms with E-state index in [1.165, 1.54) is 45.2 Å². The van der Waals surface area contributed by atoms with Crippen molar-refractivity contribution in [1.82, 2.24) is 10.6 Å². The second-order valence-electron chi connectivity index (χ2n) is 5.93. The maximum absolute atomic E-state index is 3.51. The van der Waals surface area contributed by atoms with E-state index in [0.29, 0.717) is 0 Å². The summed E-state index contributed by atoms with van der Waals surface area (Å²) in [5.74, 6) is 1.69. The smallest absolute Gasteiger partial charge is 0.00368 e. The number of rotatable bonds is 12. The zero-order valence-electron chi connectivity index (χ0n) is 12.5. The zero-order valence-corrected chi connectivity index (χ0v) is 12.5. The van der Waals surface area contributed by atoms with Crippen LogP contribution in [0.25, 0.3) is 0 Å². The summed E-state index contributed by atoms with van der Waals surface area (Å²) in [5, 5.41) is 7.02. The molecule has 2 heteroatoms. The monoisotopic (exact) mass is 242 g/mol. The van der Waals surface area contributed by atoms with Gasteiger partial charge in [-0.15, -0.1) is 0 Å². The first-order valence-electron chi connectivity index (χ1n) is 7.54. The third kappa shape index (κ3) is 15.9. The van der Waals surface area contributed by atoms with Crippen LogP contribution >= 0.6 is 0 Å². The van der Waals surface area contributed by atoms with E-state index in [1.54, 1.807) is 0 Å². The van der Waals surface area contributed by atoms with Gasteiger partial charge < -0.3 is 10.6 Å². The molecule has 0 bridgehead atoms. The van der Waals surface area contributed by atoms with Crippen LogP contribution in [0, 0.1) is 11.8 Å². The summed E-state index contributed by atoms with van der Waals surface area (Å²) in [7, 11) is 0. The fourth-order valence-electron chi connectivity index (χ4n) is 1.86. The lowest BCUT2D eigenvalue weighted by molar-refractivity contribution is 0.505. The minimum Gasteiger partial charge on any atom is -0.317 e. The van der Waals surface area contributed by atoms with E-state index in [1.807, 2.05) is 0 Å². The van der Waals surface area contributed by atoms with Crippen molar-refractivity contribution in [2.75, 3.05) is 26.2 Å². The van der Waals surface area contributed by atoms with Gasteiger partial charge in [-0.3, -0.25) is 0 Å². The highest BCUT2D eigenvalue weighted by Gasteiger charge is 1.95. The highest BCUT2D eigenvalue weighted by Crippen LogP contribution is 2.02. The summed E-state index contributed by atoms with van der Waals surface area (Å²) in [6, 6.07) is 0. The summed E-state index contributed by atoms with van der Waals surface area (Å²) >= 11 is 0. The summed E-state index contributed by atoms with van der Waals surface area (Å²) in [6.45, 7) is 13.9. The van der Waals surface area contributed by atoms with Crippen LogP contribution in [0.4, 0.5) is 0 Å². The number of nitrogens with one attached hydrogen (secondary N) is 2. The number of hydrogen-bond donors (Lipinski definition) is 2. The molecule has 0 atom stereocenters. The molecule has 0 spiro atoms. The molecule has 0 aliphatic heterocycles. The van der Waals surface area contributed by atoms with Gasteiger partial charge in [-0.25, -0.2) is 0 Å². The van der Waals surface area contributed by atoms with Crippen molar-refractivity contribution in [1.29, 1.82) is 0 Å². The van der Waals surface area contributed by atoms with E-state index in [4.69, 9.17) is 0 Å². The van der Waals surface area contributed by atoms with Gasteiger partial charge in [-0.05, 0) is 70.1 Å². The van der Waals surface area contributed by atoms with Gasteiger partial charge >= 0.3 is 0 Å². The fourth-order valence-corrected chi connectivity index (χ4v) is 1.86. The Labute approximate surface area is 109 Å². The Balaban J connectivity index is 2.94. The molecule has 0 amide bonds.